The summed E-state index contributed by atoms with van der Waals surface area (Å²) >= 11 is 0. The number of nitrogens with zero attached hydrogens (tertiary/aromatic N) is 1. The van der Waals surface area contributed by atoms with Crippen molar-refractivity contribution in [1.82, 2.24) is 5.32 Å². The third-order valence-corrected chi connectivity index (χ3v) is 2.75. The van der Waals surface area contributed by atoms with Gasteiger partial charge in [-0.05, 0) is 12.3 Å². The van der Waals surface area contributed by atoms with Crippen LogP contribution in [0.15, 0.2) is 4.99 Å². The van der Waals surface area contributed by atoms with Crippen molar-refractivity contribution in [3.05, 3.63) is 0 Å². The van der Waals surface area contributed by atoms with Gasteiger partial charge in [0.25, 0.3) is 0 Å². The second-order valence-corrected chi connectivity index (χ2v) is 6.46. The first kappa shape index (κ1) is 11.5. The molecule has 1 aliphatic rings. The lowest BCUT2D eigenvalue weighted by atomic mass is 9.83. The first-order valence-corrected chi connectivity index (χ1v) is 5.47. The lowest BCUT2D eigenvalue weighted by Gasteiger charge is -2.31. The summed E-state index contributed by atoms with van der Waals surface area (Å²) in [4.78, 5) is 4.71. The first-order chi connectivity index (χ1) is 6.12. The molecule has 2 unspecified atom stereocenters. The minimum absolute atomic E-state index is 0.147. The van der Waals surface area contributed by atoms with Gasteiger partial charge >= 0.3 is 0 Å². The van der Waals surface area contributed by atoms with E-state index in [-0.39, 0.29) is 10.8 Å². The zero-order chi connectivity index (χ0) is 11.1. The van der Waals surface area contributed by atoms with Crippen molar-refractivity contribution in [2.75, 3.05) is 0 Å². The number of aliphatic imine (C=N–C) groups is 1. The number of rotatable bonds is 0. The van der Waals surface area contributed by atoms with Gasteiger partial charge < -0.3 is 5.32 Å². The number of hydrogen-bond donors (Lipinski definition) is 1. The van der Waals surface area contributed by atoms with E-state index in [1.165, 1.54) is 0 Å². The average molecular weight is 196 g/mol. The van der Waals surface area contributed by atoms with Gasteiger partial charge in [-0.1, -0.05) is 41.5 Å². The van der Waals surface area contributed by atoms with E-state index in [2.05, 4.69) is 53.8 Å². The Morgan fingerprint density at radius 1 is 1.07 bits per heavy atom. The van der Waals surface area contributed by atoms with E-state index in [1.807, 2.05) is 0 Å². The van der Waals surface area contributed by atoms with Gasteiger partial charge in [0.05, 0.1) is 12.1 Å². The normalized spacial score (nSPS) is 28.6. The van der Waals surface area contributed by atoms with E-state index in [0.717, 1.165) is 5.84 Å². The fourth-order valence-corrected chi connectivity index (χ4v) is 1.93. The SMILES string of the molecule is CC1N=C(C(C)(C)C)NC1C(C)(C)C. The van der Waals surface area contributed by atoms with Crippen molar-refractivity contribution < 1.29 is 0 Å². The van der Waals surface area contributed by atoms with Gasteiger partial charge in [0.15, 0.2) is 0 Å². The van der Waals surface area contributed by atoms with E-state index in [0.29, 0.717) is 12.1 Å². The fraction of sp³-hybridized carbons (Fsp3) is 0.917. The largest absolute Gasteiger partial charge is 0.368 e. The molecule has 1 heterocycles. The maximum absolute atomic E-state index is 4.71. The molecule has 0 saturated carbocycles. The molecule has 0 amide bonds. The predicted molar refractivity (Wildman–Crippen MR) is 62.7 cm³/mol. The summed E-state index contributed by atoms with van der Waals surface area (Å²) in [5.41, 5.74) is 0.421. The van der Waals surface area contributed by atoms with Crippen LogP contribution in [-0.4, -0.2) is 17.9 Å². The highest BCUT2D eigenvalue weighted by atomic mass is 15.1. The molecule has 2 atom stereocenters. The average Bonchev–Trinajstić information content (AvgIpc) is 2.27. The van der Waals surface area contributed by atoms with Crippen LogP contribution >= 0.6 is 0 Å². The fourth-order valence-electron chi connectivity index (χ4n) is 1.93. The van der Waals surface area contributed by atoms with Gasteiger partial charge in [-0.2, -0.15) is 0 Å². The van der Waals surface area contributed by atoms with E-state index in [9.17, 15) is 0 Å². The van der Waals surface area contributed by atoms with E-state index in [1.54, 1.807) is 0 Å². The van der Waals surface area contributed by atoms with Crippen LogP contribution < -0.4 is 5.32 Å². The second kappa shape index (κ2) is 3.25. The minimum atomic E-state index is 0.147. The number of hydrogen-bond acceptors (Lipinski definition) is 2. The van der Waals surface area contributed by atoms with Crippen LogP contribution in [-0.2, 0) is 0 Å². The van der Waals surface area contributed by atoms with Crippen LogP contribution in [0.2, 0.25) is 0 Å². The predicted octanol–water partition coefficient (Wildman–Crippen LogP) is 2.84. The standard InChI is InChI=1S/C12H24N2/c1-8-9(11(2,3)4)14-10(13-8)12(5,6)7/h8-9H,1-7H3,(H,13,14). The van der Waals surface area contributed by atoms with Crippen LogP contribution in [0, 0.1) is 10.8 Å². The molecule has 1 N–H and O–H groups in total. The topological polar surface area (TPSA) is 24.4 Å². The minimum Gasteiger partial charge on any atom is -0.368 e. The molecule has 0 spiro atoms. The summed E-state index contributed by atoms with van der Waals surface area (Å²) in [5, 5.41) is 3.57. The summed E-state index contributed by atoms with van der Waals surface area (Å²) in [6.07, 6.45) is 0. The Labute approximate surface area is 88.2 Å². The molecule has 0 aliphatic carbocycles. The Kier molecular flexibility index (Phi) is 2.68. The number of amidine groups is 1. The van der Waals surface area contributed by atoms with Crippen molar-refractivity contribution in [3.63, 3.8) is 0 Å². The highest BCUT2D eigenvalue weighted by Crippen LogP contribution is 2.30. The van der Waals surface area contributed by atoms with Crippen LogP contribution in [0.5, 0.6) is 0 Å². The zero-order valence-corrected chi connectivity index (χ0v) is 10.6. The zero-order valence-electron chi connectivity index (χ0n) is 10.6. The highest BCUT2D eigenvalue weighted by Gasteiger charge is 2.37. The van der Waals surface area contributed by atoms with Gasteiger partial charge in [-0.3, -0.25) is 4.99 Å². The Morgan fingerprint density at radius 3 is 1.79 bits per heavy atom. The molecule has 1 rings (SSSR count). The van der Waals surface area contributed by atoms with Crippen molar-refractivity contribution >= 4 is 5.84 Å². The third-order valence-electron chi connectivity index (χ3n) is 2.75. The molecule has 0 aromatic rings. The monoisotopic (exact) mass is 196 g/mol. The van der Waals surface area contributed by atoms with Gasteiger partial charge in [0.1, 0.15) is 5.84 Å². The van der Waals surface area contributed by atoms with Crippen molar-refractivity contribution in [1.29, 1.82) is 0 Å². The van der Waals surface area contributed by atoms with Crippen molar-refractivity contribution in [2.24, 2.45) is 15.8 Å². The summed E-state index contributed by atoms with van der Waals surface area (Å²) < 4.78 is 0. The molecule has 0 saturated heterocycles. The van der Waals surface area contributed by atoms with Gasteiger partial charge in [-0.15, -0.1) is 0 Å². The Bertz CT molecular complexity index is 240. The Morgan fingerprint density at radius 2 is 1.57 bits per heavy atom. The lowest BCUT2D eigenvalue weighted by Crippen LogP contribution is -2.46. The van der Waals surface area contributed by atoms with E-state index < -0.39 is 0 Å². The molecule has 0 aromatic carbocycles. The van der Waals surface area contributed by atoms with E-state index >= 15 is 0 Å². The maximum Gasteiger partial charge on any atom is 0.102 e. The first-order valence-electron chi connectivity index (χ1n) is 5.47. The van der Waals surface area contributed by atoms with Gasteiger partial charge in [0, 0.05) is 5.41 Å². The molecule has 0 aromatic heterocycles. The molecule has 0 fully saturated rings. The van der Waals surface area contributed by atoms with E-state index in [4.69, 9.17) is 4.99 Å². The molecular formula is C12H24N2. The van der Waals surface area contributed by atoms with Crippen LogP contribution in [0.25, 0.3) is 0 Å². The number of nitrogens with one attached hydrogen (secondary N) is 1. The van der Waals surface area contributed by atoms with Gasteiger partial charge in [0.2, 0.25) is 0 Å². The summed E-state index contributed by atoms with van der Waals surface area (Å²) in [5.74, 6) is 1.16. The quantitative estimate of drug-likeness (QED) is 0.633. The molecule has 0 bridgehead atoms. The molecule has 14 heavy (non-hydrogen) atoms. The molecule has 2 heteroatoms. The summed E-state index contributed by atoms with van der Waals surface area (Å²) in [6.45, 7) is 15.6. The smallest absolute Gasteiger partial charge is 0.102 e. The molecule has 0 radical (unpaired) electrons. The molecule has 2 nitrogen and oxygen atoms in total. The van der Waals surface area contributed by atoms with Crippen molar-refractivity contribution in [3.8, 4) is 0 Å². The van der Waals surface area contributed by atoms with Crippen LogP contribution in [0.1, 0.15) is 48.5 Å². The lowest BCUT2D eigenvalue weighted by molar-refractivity contribution is 0.279. The molecule has 82 valence electrons. The Hall–Kier alpha value is -0.530. The summed E-state index contributed by atoms with van der Waals surface area (Å²) in [7, 11) is 0. The molecular weight excluding hydrogens is 172 g/mol. The maximum atomic E-state index is 4.71. The van der Waals surface area contributed by atoms with Crippen molar-refractivity contribution in [2.45, 2.75) is 60.5 Å². The highest BCUT2D eigenvalue weighted by molar-refractivity contribution is 5.89. The second-order valence-electron chi connectivity index (χ2n) is 6.46. The Balaban J connectivity index is 2.80. The third kappa shape index (κ3) is 2.28. The van der Waals surface area contributed by atoms with Crippen LogP contribution in [0.4, 0.5) is 0 Å². The summed E-state index contributed by atoms with van der Waals surface area (Å²) in [6, 6.07) is 0.862. The van der Waals surface area contributed by atoms with Gasteiger partial charge in [-0.25, -0.2) is 0 Å². The molecule has 1 aliphatic heterocycles. The van der Waals surface area contributed by atoms with Crippen LogP contribution in [0.3, 0.4) is 0 Å².